The number of fused-ring (bicyclic) bond motifs is 1. The first-order valence-electron chi connectivity index (χ1n) is 9.21. The van der Waals surface area contributed by atoms with Crippen LogP contribution in [0.2, 0.25) is 0 Å². The van der Waals surface area contributed by atoms with E-state index in [-0.39, 0.29) is 30.0 Å². The van der Waals surface area contributed by atoms with Crippen LogP contribution in [-0.4, -0.2) is 68.3 Å². The third kappa shape index (κ3) is 3.10. The zero-order chi connectivity index (χ0) is 18.9. The predicted octanol–water partition coefficient (Wildman–Crippen LogP) is 1.07. The number of rotatable bonds is 3. The van der Waals surface area contributed by atoms with Crippen LogP contribution in [-0.2, 0) is 0 Å². The van der Waals surface area contributed by atoms with Crippen LogP contribution in [0.1, 0.15) is 29.8 Å². The predicted molar refractivity (Wildman–Crippen MR) is 98.3 cm³/mol. The quantitative estimate of drug-likeness (QED) is 0.834. The number of carbonyl (C=O) groups is 1. The Morgan fingerprint density at radius 2 is 2.15 bits per heavy atom. The van der Waals surface area contributed by atoms with Gasteiger partial charge in [-0.1, -0.05) is 0 Å². The second-order valence-corrected chi connectivity index (χ2v) is 7.28. The zero-order valence-electron chi connectivity index (χ0n) is 15.0. The van der Waals surface area contributed by atoms with E-state index < -0.39 is 5.41 Å². The highest BCUT2D eigenvalue weighted by Gasteiger charge is 2.49. The number of hydrogen-bond donors (Lipinski definition) is 2. The molecule has 27 heavy (non-hydrogen) atoms. The summed E-state index contributed by atoms with van der Waals surface area (Å²) < 4.78 is 0. The van der Waals surface area contributed by atoms with Crippen molar-refractivity contribution >= 4 is 11.7 Å². The molecule has 2 aromatic heterocycles. The van der Waals surface area contributed by atoms with Gasteiger partial charge in [0.1, 0.15) is 11.6 Å². The van der Waals surface area contributed by atoms with Crippen molar-refractivity contribution in [3.05, 3.63) is 42.6 Å². The normalized spacial score (nSPS) is 25.1. The maximum Gasteiger partial charge on any atom is 0.276 e. The summed E-state index contributed by atoms with van der Waals surface area (Å²) in [5.74, 6) is 0.401. The molecular formula is C19H23N5O3. The van der Waals surface area contributed by atoms with E-state index in [4.69, 9.17) is 0 Å². The second-order valence-electron chi connectivity index (χ2n) is 7.28. The Labute approximate surface area is 157 Å². The van der Waals surface area contributed by atoms with Gasteiger partial charge in [-0.2, -0.15) is 0 Å². The van der Waals surface area contributed by atoms with E-state index in [0.29, 0.717) is 13.1 Å². The average Bonchev–Trinajstić information content (AvgIpc) is 2.73. The smallest absolute Gasteiger partial charge is 0.276 e. The van der Waals surface area contributed by atoms with Gasteiger partial charge in [-0.3, -0.25) is 9.78 Å². The van der Waals surface area contributed by atoms with E-state index in [9.17, 15) is 15.0 Å². The Kier molecular flexibility index (Phi) is 4.65. The fourth-order valence-electron chi connectivity index (χ4n) is 4.46. The maximum atomic E-state index is 13.1. The van der Waals surface area contributed by atoms with Crippen molar-refractivity contribution in [2.24, 2.45) is 5.41 Å². The number of amides is 1. The molecule has 2 aliphatic rings. The minimum atomic E-state index is -0.423. The van der Waals surface area contributed by atoms with E-state index >= 15 is 0 Å². The standard InChI is InChI=1S/C19H23N5O3/c25-13-19-5-2-9-24(18(27)17-14(26)3-1-6-22-17)15(19)4-10-23(12-19)16-11-20-7-8-21-16/h1,3,6-8,11,15,25-26H,2,4-5,9-10,12-13H2/t15-,19-/m0/s1. The molecule has 2 saturated heterocycles. The van der Waals surface area contributed by atoms with Crippen LogP contribution >= 0.6 is 0 Å². The number of likely N-dealkylation sites (tertiary alicyclic amines) is 1. The first-order chi connectivity index (χ1) is 13.1. The number of aliphatic hydroxyl groups excluding tert-OH is 1. The summed E-state index contributed by atoms with van der Waals surface area (Å²) in [6.07, 6.45) is 8.88. The molecule has 0 aromatic carbocycles. The lowest BCUT2D eigenvalue weighted by Crippen LogP contribution is -2.63. The molecule has 8 heteroatoms. The van der Waals surface area contributed by atoms with Crippen LogP contribution < -0.4 is 4.90 Å². The number of hydrogen-bond acceptors (Lipinski definition) is 7. The van der Waals surface area contributed by atoms with Gasteiger partial charge in [-0.05, 0) is 31.4 Å². The Morgan fingerprint density at radius 3 is 2.89 bits per heavy atom. The molecule has 0 saturated carbocycles. The molecule has 2 fully saturated rings. The molecule has 2 aliphatic heterocycles. The summed E-state index contributed by atoms with van der Waals surface area (Å²) in [4.78, 5) is 29.6. The first-order valence-corrected chi connectivity index (χ1v) is 9.21. The summed E-state index contributed by atoms with van der Waals surface area (Å²) >= 11 is 0. The van der Waals surface area contributed by atoms with Gasteiger partial charge in [0, 0.05) is 49.7 Å². The van der Waals surface area contributed by atoms with Crippen molar-refractivity contribution in [2.45, 2.75) is 25.3 Å². The minimum Gasteiger partial charge on any atom is -0.505 e. The van der Waals surface area contributed by atoms with Crippen LogP contribution in [0.4, 0.5) is 5.82 Å². The average molecular weight is 369 g/mol. The lowest BCUT2D eigenvalue weighted by Gasteiger charge is -2.54. The highest BCUT2D eigenvalue weighted by molar-refractivity contribution is 5.95. The Balaban J connectivity index is 1.61. The number of aliphatic hydroxyl groups is 1. The molecule has 4 heterocycles. The zero-order valence-corrected chi connectivity index (χ0v) is 15.0. The molecule has 2 atom stereocenters. The third-order valence-electron chi connectivity index (χ3n) is 5.77. The first kappa shape index (κ1) is 17.7. The molecule has 8 nitrogen and oxygen atoms in total. The van der Waals surface area contributed by atoms with Crippen molar-refractivity contribution in [2.75, 3.05) is 31.1 Å². The second kappa shape index (κ2) is 7.11. The van der Waals surface area contributed by atoms with Gasteiger partial charge in [0.25, 0.3) is 5.91 Å². The molecule has 0 radical (unpaired) electrons. The number of aromatic nitrogens is 3. The lowest BCUT2D eigenvalue weighted by molar-refractivity contribution is -0.0263. The van der Waals surface area contributed by atoms with Crippen molar-refractivity contribution < 1.29 is 15.0 Å². The van der Waals surface area contributed by atoms with Crippen LogP contribution in [0, 0.1) is 5.41 Å². The summed E-state index contributed by atoms with van der Waals surface area (Å²) in [5.41, 5.74) is -0.351. The Morgan fingerprint density at radius 1 is 1.26 bits per heavy atom. The van der Waals surface area contributed by atoms with Gasteiger partial charge >= 0.3 is 0 Å². The summed E-state index contributed by atoms with van der Waals surface area (Å²) in [5, 5.41) is 20.3. The van der Waals surface area contributed by atoms with E-state index in [1.807, 2.05) is 0 Å². The van der Waals surface area contributed by atoms with Crippen LogP contribution in [0.5, 0.6) is 5.75 Å². The number of anilines is 1. The van der Waals surface area contributed by atoms with Crippen molar-refractivity contribution in [3.63, 3.8) is 0 Å². The number of nitrogens with zero attached hydrogens (tertiary/aromatic N) is 5. The largest absolute Gasteiger partial charge is 0.505 e. The molecule has 0 spiro atoms. The number of pyridine rings is 1. The van der Waals surface area contributed by atoms with Crippen molar-refractivity contribution in [3.8, 4) is 5.75 Å². The van der Waals surface area contributed by atoms with Gasteiger partial charge in [-0.15, -0.1) is 0 Å². The highest BCUT2D eigenvalue weighted by Crippen LogP contribution is 2.42. The van der Waals surface area contributed by atoms with Gasteiger partial charge in [0.2, 0.25) is 0 Å². The highest BCUT2D eigenvalue weighted by atomic mass is 16.3. The van der Waals surface area contributed by atoms with E-state index in [2.05, 4.69) is 19.9 Å². The fourth-order valence-corrected chi connectivity index (χ4v) is 4.46. The molecule has 0 unspecified atom stereocenters. The topological polar surface area (TPSA) is 103 Å². The number of carbonyl (C=O) groups excluding carboxylic acids is 1. The summed E-state index contributed by atoms with van der Waals surface area (Å²) in [6, 6.07) is 2.97. The van der Waals surface area contributed by atoms with Gasteiger partial charge in [0.15, 0.2) is 5.69 Å². The van der Waals surface area contributed by atoms with E-state index in [1.54, 1.807) is 29.6 Å². The fraction of sp³-hybridized carbons (Fsp3) is 0.474. The van der Waals surface area contributed by atoms with Crippen molar-refractivity contribution in [1.29, 1.82) is 0 Å². The molecule has 0 aliphatic carbocycles. The molecule has 2 aromatic rings. The molecule has 142 valence electrons. The Hall–Kier alpha value is -2.74. The number of aromatic hydroxyl groups is 1. The molecular weight excluding hydrogens is 346 g/mol. The van der Waals surface area contributed by atoms with Crippen molar-refractivity contribution in [1.82, 2.24) is 19.9 Å². The number of piperidine rings is 2. The van der Waals surface area contributed by atoms with Crippen LogP contribution in [0.15, 0.2) is 36.9 Å². The van der Waals surface area contributed by atoms with Gasteiger partial charge < -0.3 is 20.0 Å². The third-order valence-corrected chi connectivity index (χ3v) is 5.77. The lowest BCUT2D eigenvalue weighted by atomic mass is 9.69. The molecule has 1 amide bonds. The maximum absolute atomic E-state index is 13.1. The van der Waals surface area contributed by atoms with Crippen LogP contribution in [0.3, 0.4) is 0 Å². The SMILES string of the molecule is O=C(c1ncccc1O)N1CCC[C@@]2(CO)CN(c3cnccn3)CC[C@H]12. The van der Waals surface area contributed by atoms with Gasteiger partial charge in [-0.25, -0.2) is 9.97 Å². The summed E-state index contributed by atoms with van der Waals surface area (Å²) in [7, 11) is 0. The molecule has 2 N–H and O–H groups in total. The van der Waals surface area contributed by atoms with Crippen LogP contribution in [0.25, 0.3) is 0 Å². The van der Waals surface area contributed by atoms with Gasteiger partial charge in [0.05, 0.1) is 12.8 Å². The van der Waals surface area contributed by atoms with E-state index in [1.165, 1.54) is 12.3 Å². The molecule has 0 bridgehead atoms. The summed E-state index contributed by atoms with van der Waals surface area (Å²) in [6.45, 7) is 1.94. The molecule has 4 rings (SSSR count). The minimum absolute atomic E-state index is 0.00753. The Bertz CT molecular complexity index is 818. The monoisotopic (exact) mass is 369 g/mol. The van der Waals surface area contributed by atoms with E-state index in [0.717, 1.165) is 31.6 Å².